The van der Waals surface area contributed by atoms with Crippen molar-refractivity contribution in [3.8, 4) is 33.6 Å². The van der Waals surface area contributed by atoms with Crippen LogP contribution in [0, 0.1) is 0 Å². The Bertz CT molecular complexity index is 3770. The second-order valence-electron chi connectivity index (χ2n) is 17.9. The fourth-order valence-electron chi connectivity index (χ4n) is 10.6. The topological polar surface area (TPSA) is 9.86 Å². The van der Waals surface area contributed by atoms with E-state index in [0.717, 1.165) is 57.7 Å². The van der Waals surface area contributed by atoms with E-state index in [1.54, 1.807) is 0 Å². The maximum absolute atomic E-state index is 4.19. The minimum atomic E-state index is 1.03. The van der Waals surface area contributed by atoms with Crippen LogP contribution in [0.3, 0.4) is 0 Å². The molecule has 10 aromatic rings. The molecule has 2 nitrogen and oxygen atoms in total. The van der Waals surface area contributed by atoms with Crippen LogP contribution in [-0.4, -0.2) is 9.13 Å². The minimum absolute atomic E-state index is 1.03. The van der Waals surface area contributed by atoms with Crippen LogP contribution < -0.4 is 0 Å². The van der Waals surface area contributed by atoms with Gasteiger partial charge in [-0.05, 0) is 159 Å². The van der Waals surface area contributed by atoms with Crippen molar-refractivity contribution in [3.05, 3.63) is 257 Å². The largest absolute Gasteiger partial charge is 0.310 e. The van der Waals surface area contributed by atoms with Gasteiger partial charge < -0.3 is 9.13 Å². The fraction of sp³-hybridized carbons (Fsp3) is 0.0588. The Morgan fingerprint density at radius 2 is 0.900 bits per heavy atom. The first-order valence-corrected chi connectivity index (χ1v) is 24.4. The zero-order chi connectivity index (χ0) is 47.6. The van der Waals surface area contributed by atoms with Crippen LogP contribution in [0.15, 0.2) is 201 Å². The van der Waals surface area contributed by atoms with Crippen molar-refractivity contribution in [1.82, 2.24) is 9.13 Å². The number of para-hydroxylation sites is 1. The van der Waals surface area contributed by atoms with Crippen molar-refractivity contribution in [2.75, 3.05) is 0 Å². The zero-order valence-corrected chi connectivity index (χ0v) is 39.8. The average molecular weight is 899 g/mol. The van der Waals surface area contributed by atoms with E-state index in [0.29, 0.717) is 0 Å². The summed E-state index contributed by atoms with van der Waals surface area (Å²) in [5.41, 5.74) is 20.2. The predicted molar refractivity (Wildman–Crippen MR) is 306 cm³/mol. The summed E-state index contributed by atoms with van der Waals surface area (Å²) in [6, 6.07) is 62.0. The maximum Gasteiger partial charge on any atom is 0.0541 e. The molecule has 0 aliphatic heterocycles. The first-order valence-electron chi connectivity index (χ1n) is 24.4. The molecule has 0 bridgehead atoms. The van der Waals surface area contributed by atoms with E-state index >= 15 is 0 Å². The SMILES string of the molecule is C=Cc1c2c(n(-c3ccc(/C=C/c4ccc5c(-c6ccccc6)c(-c6ccccc6)c6ccc(/C=C/c7ccc(-n8c(/C=C\C)c(C=C)c9ccccc98)cc7)cc6c5c4)cc3)c1/C=C\C)C=CCC2. The number of hydrogen-bond acceptors (Lipinski definition) is 0. The summed E-state index contributed by atoms with van der Waals surface area (Å²) in [6.45, 7) is 12.5. The summed E-state index contributed by atoms with van der Waals surface area (Å²) in [4.78, 5) is 0. The summed E-state index contributed by atoms with van der Waals surface area (Å²) < 4.78 is 4.71. The molecular weight excluding hydrogens is 845 g/mol. The lowest BCUT2D eigenvalue weighted by molar-refractivity contribution is 0.955. The van der Waals surface area contributed by atoms with Crippen LogP contribution in [0.4, 0.5) is 0 Å². The Morgan fingerprint density at radius 3 is 1.43 bits per heavy atom. The van der Waals surface area contributed by atoms with Gasteiger partial charge >= 0.3 is 0 Å². The number of benzene rings is 8. The maximum atomic E-state index is 4.19. The van der Waals surface area contributed by atoms with E-state index in [4.69, 9.17) is 0 Å². The normalized spacial score (nSPS) is 12.7. The van der Waals surface area contributed by atoms with Crippen molar-refractivity contribution in [3.63, 3.8) is 0 Å². The van der Waals surface area contributed by atoms with Crippen molar-refractivity contribution in [2.45, 2.75) is 26.7 Å². The highest BCUT2D eigenvalue weighted by atomic mass is 15.0. The quantitative estimate of drug-likeness (QED) is 0.0854. The minimum Gasteiger partial charge on any atom is -0.310 e. The lowest BCUT2D eigenvalue weighted by Crippen LogP contribution is -2.01. The molecule has 0 unspecified atom stereocenters. The molecule has 8 aromatic carbocycles. The van der Waals surface area contributed by atoms with Crippen LogP contribution in [0.25, 0.3) is 121 Å². The highest BCUT2D eigenvalue weighted by Gasteiger charge is 2.22. The van der Waals surface area contributed by atoms with Gasteiger partial charge in [0, 0.05) is 33.6 Å². The summed E-state index contributed by atoms with van der Waals surface area (Å²) in [7, 11) is 0. The van der Waals surface area contributed by atoms with Gasteiger partial charge in [-0.15, -0.1) is 0 Å². The molecule has 11 rings (SSSR count). The van der Waals surface area contributed by atoms with Gasteiger partial charge in [0.05, 0.1) is 16.9 Å². The predicted octanol–water partition coefficient (Wildman–Crippen LogP) is 18.7. The van der Waals surface area contributed by atoms with Crippen molar-refractivity contribution in [1.29, 1.82) is 0 Å². The van der Waals surface area contributed by atoms with Gasteiger partial charge in [0.25, 0.3) is 0 Å². The molecule has 1 aliphatic rings. The summed E-state index contributed by atoms with van der Waals surface area (Å²) in [5.74, 6) is 0. The molecule has 2 heterocycles. The third-order valence-electron chi connectivity index (χ3n) is 13.8. The lowest BCUT2D eigenvalue weighted by atomic mass is 9.84. The van der Waals surface area contributed by atoms with Crippen molar-refractivity contribution >= 4 is 87.1 Å². The third kappa shape index (κ3) is 7.94. The summed E-state index contributed by atoms with van der Waals surface area (Å²) in [5, 5.41) is 6.10. The molecular formula is C68H54N2. The van der Waals surface area contributed by atoms with E-state index in [9.17, 15) is 0 Å². The molecule has 2 aromatic heterocycles. The number of hydrogen-bond donors (Lipinski definition) is 0. The molecule has 0 N–H and O–H groups in total. The van der Waals surface area contributed by atoms with Gasteiger partial charge in [0.1, 0.15) is 0 Å². The van der Waals surface area contributed by atoms with Crippen LogP contribution in [-0.2, 0) is 6.42 Å². The van der Waals surface area contributed by atoms with Gasteiger partial charge in [-0.2, -0.15) is 0 Å². The number of allylic oxidation sites excluding steroid dienone is 3. The van der Waals surface area contributed by atoms with Gasteiger partial charge in [-0.25, -0.2) is 0 Å². The van der Waals surface area contributed by atoms with Gasteiger partial charge in [0.15, 0.2) is 0 Å². The molecule has 0 radical (unpaired) electrons. The number of fused-ring (bicyclic) bond motifs is 5. The Hall–Kier alpha value is -8.72. The highest BCUT2D eigenvalue weighted by Crippen LogP contribution is 2.45. The Balaban J connectivity index is 0.989. The summed E-state index contributed by atoms with van der Waals surface area (Å²) >= 11 is 0. The zero-order valence-electron chi connectivity index (χ0n) is 39.8. The average Bonchev–Trinajstić information content (AvgIpc) is 3.91. The van der Waals surface area contributed by atoms with Crippen molar-refractivity contribution < 1.29 is 0 Å². The smallest absolute Gasteiger partial charge is 0.0541 e. The molecule has 0 amide bonds. The summed E-state index contributed by atoms with van der Waals surface area (Å²) in [6.07, 6.45) is 28.2. The Kier molecular flexibility index (Phi) is 12.0. The monoisotopic (exact) mass is 898 g/mol. The third-order valence-corrected chi connectivity index (χ3v) is 13.8. The molecule has 0 atom stereocenters. The fourth-order valence-corrected chi connectivity index (χ4v) is 10.6. The van der Waals surface area contributed by atoms with E-state index < -0.39 is 0 Å². The molecule has 0 fully saturated rings. The highest BCUT2D eigenvalue weighted by molar-refractivity contribution is 6.22. The number of nitrogens with zero attached hydrogens (tertiary/aromatic N) is 2. The molecule has 1 aliphatic carbocycles. The van der Waals surface area contributed by atoms with E-state index in [-0.39, 0.29) is 0 Å². The van der Waals surface area contributed by atoms with Crippen molar-refractivity contribution in [2.24, 2.45) is 0 Å². The van der Waals surface area contributed by atoms with Crippen LogP contribution >= 0.6 is 0 Å². The standard InChI is InChI=1S/C68H54N2/c1-5-19-63-55(7-3)57-25-15-17-27-65(57)69(63)53-39-33-47(34-40-53)29-31-49-37-43-59-61(45-49)62-46-50(38-44-60(62)68(52-23-13-10-14-24-52)67(59)51-21-11-9-12-22-51)32-30-48-35-41-54(42-36-48)70-64(20-6-2)56(8-4)58-26-16-18-28-66(58)70/h5-15,17-25,27-46H,3-4,16,26H2,1-2H3/b19-5-,20-6-,31-29+,32-30+. The van der Waals surface area contributed by atoms with E-state index in [1.807, 2.05) is 12.2 Å². The molecule has 336 valence electrons. The molecule has 70 heavy (non-hydrogen) atoms. The van der Waals surface area contributed by atoms with E-state index in [1.165, 1.54) is 77.2 Å². The lowest BCUT2D eigenvalue weighted by Gasteiger charge is -2.19. The second-order valence-corrected chi connectivity index (χ2v) is 17.9. The van der Waals surface area contributed by atoms with Crippen LogP contribution in [0.1, 0.15) is 76.3 Å². The first kappa shape index (κ1) is 43.8. The Labute approximate surface area is 411 Å². The molecule has 0 saturated heterocycles. The van der Waals surface area contributed by atoms with Crippen LogP contribution in [0.5, 0.6) is 0 Å². The molecule has 0 spiro atoms. The van der Waals surface area contributed by atoms with Gasteiger partial charge in [0.2, 0.25) is 0 Å². The molecule has 2 heteroatoms. The second kappa shape index (κ2) is 19.1. The molecule has 0 saturated carbocycles. The first-order chi connectivity index (χ1) is 34.6. The van der Waals surface area contributed by atoms with E-state index in [2.05, 4.69) is 267 Å². The number of aromatic nitrogens is 2. The van der Waals surface area contributed by atoms with Gasteiger partial charge in [-0.3, -0.25) is 0 Å². The van der Waals surface area contributed by atoms with Crippen LogP contribution in [0.2, 0.25) is 0 Å². The van der Waals surface area contributed by atoms with Gasteiger partial charge in [-0.1, -0.05) is 195 Å². The Morgan fingerprint density at radius 1 is 0.429 bits per heavy atom. The number of rotatable bonds is 12.